The number of amides is 1. The van der Waals surface area contributed by atoms with Gasteiger partial charge in [-0.05, 0) is 81.7 Å². The zero-order valence-electron chi connectivity index (χ0n) is 15.5. The quantitative estimate of drug-likeness (QED) is 0.268. The van der Waals surface area contributed by atoms with Crippen LogP contribution in [0.3, 0.4) is 0 Å². The molecule has 0 saturated heterocycles. The second-order valence-electron chi connectivity index (χ2n) is 6.24. The van der Waals surface area contributed by atoms with E-state index >= 15 is 0 Å². The number of nitrogens with zero attached hydrogens (tertiary/aromatic N) is 1. The van der Waals surface area contributed by atoms with Gasteiger partial charge >= 0.3 is 0 Å². The van der Waals surface area contributed by atoms with Gasteiger partial charge in [0.2, 0.25) is 0 Å². The Balaban J connectivity index is 1.69. The molecule has 3 aromatic carbocycles. The van der Waals surface area contributed by atoms with Crippen molar-refractivity contribution in [3.05, 3.63) is 97.4 Å². The molecular formula is C23H15Br2ClN2O2. The van der Waals surface area contributed by atoms with Gasteiger partial charge in [0.15, 0.2) is 0 Å². The summed E-state index contributed by atoms with van der Waals surface area (Å²) in [5.74, 6) is 0.172. The Hall–Kier alpha value is -2.59. The van der Waals surface area contributed by atoms with Crippen LogP contribution in [0.2, 0.25) is 5.02 Å². The first-order valence-electron chi connectivity index (χ1n) is 8.80. The molecule has 0 saturated carbocycles. The minimum atomic E-state index is -0.494. The van der Waals surface area contributed by atoms with Gasteiger partial charge < -0.3 is 10.1 Å². The van der Waals surface area contributed by atoms with Crippen LogP contribution in [0.5, 0.6) is 5.75 Å². The molecule has 0 aliphatic carbocycles. The van der Waals surface area contributed by atoms with Crippen LogP contribution in [-0.2, 0) is 11.4 Å². The average Bonchev–Trinajstić information content (AvgIpc) is 2.74. The molecule has 0 heterocycles. The summed E-state index contributed by atoms with van der Waals surface area (Å²) in [5.41, 5.74) is 2.28. The Morgan fingerprint density at radius 2 is 1.77 bits per heavy atom. The first-order chi connectivity index (χ1) is 14.4. The lowest BCUT2D eigenvalue weighted by atomic mass is 10.1. The number of halogens is 3. The molecule has 30 heavy (non-hydrogen) atoms. The maximum absolute atomic E-state index is 12.4. The highest BCUT2D eigenvalue weighted by Crippen LogP contribution is 2.28. The van der Waals surface area contributed by atoms with Gasteiger partial charge in [-0.1, -0.05) is 45.7 Å². The lowest BCUT2D eigenvalue weighted by molar-refractivity contribution is -0.112. The van der Waals surface area contributed by atoms with Gasteiger partial charge in [-0.15, -0.1) is 0 Å². The van der Waals surface area contributed by atoms with Crippen molar-refractivity contribution in [3.8, 4) is 11.8 Å². The summed E-state index contributed by atoms with van der Waals surface area (Å²) in [6, 6.07) is 21.9. The maximum atomic E-state index is 12.4. The van der Waals surface area contributed by atoms with E-state index in [1.165, 1.54) is 6.08 Å². The van der Waals surface area contributed by atoms with Crippen LogP contribution in [0.25, 0.3) is 6.08 Å². The Morgan fingerprint density at radius 1 is 1.07 bits per heavy atom. The van der Waals surface area contributed by atoms with Gasteiger partial charge in [0.25, 0.3) is 5.91 Å². The molecule has 4 nitrogen and oxygen atoms in total. The van der Waals surface area contributed by atoms with E-state index in [0.29, 0.717) is 28.6 Å². The number of nitriles is 1. The summed E-state index contributed by atoms with van der Waals surface area (Å²) in [4.78, 5) is 12.4. The molecule has 0 aromatic heterocycles. The maximum Gasteiger partial charge on any atom is 0.266 e. The Labute approximate surface area is 196 Å². The molecule has 3 aromatic rings. The van der Waals surface area contributed by atoms with E-state index in [2.05, 4.69) is 37.2 Å². The molecule has 0 aliphatic rings. The summed E-state index contributed by atoms with van der Waals surface area (Å²) in [6.07, 6.45) is 1.52. The molecule has 0 aliphatic heterocycles. The van der Waals surface area contributed by atoms with E-state index in [1.54, 1.807) is 42.5 Å². The van der Waals surface area contributed by atoms with Crippen molar-refractivity contribution in [1.82, 2.24) is 0 Å². The second kappa shape index (κ2) is 10.4. The first-order valence-corrected chi connectivity index (χ1v) is 10.8. The zero-order valence-corrected chi connectivity index (χ0v) is 19.5. The number of rotatable bonds is 6. The minimum absolute atomic E-state index is 0.0135. The molecular weight excluding hydrogens is 532 g/mol. The second-order valence-corrected chi connectivity index (χ2v) is 8.44. The van der Waals surface area contributed by atoms with Gasteiger partial charge in [-0.25, -0.2) is 0 Å². The van der Waals surface area contributed by atoms with Crippen molar-refractivity contribution in [2.45, 2.75) is 6.61 Å². The summed E-state index contributed by atoms with van der Waals surface area (Å²) in [7, 11) is 0. The smallest absolute Gasteiger partial charge is 0.266 e. The first kappa shape index (κ1) is 22.1. The number of hydrogen-bond acceptors (Lipinski definition) is 3. The average molecular weight is 547 g/mol. The topological polar surface area (TPSA) is 62.1 Å². The van der Waals surface area contributed by atoms with Crippen LogP contribution in [0.1, 0.15) is 11.1 Å². The molecule has 3 rings (SSSR count). The summed E-state index contributed by atoms with van der Waals surface area (Å²) in [5, 5.41) is 12.6. The third-order valence-corrected chi connectivity index (χ3v) is 5.44. The third-order valence-electron chi connectivity index (χ3n) is 4.04. The molecule has 150 valence electrons. The Bertz CT molecular complexity index is 1120. The van der Waals surface area contributed by atoms with E-state index in [-0.39, 0.29) is 5.57 Å². The third kappa shape index (κ3) is 6.20. The van der Waals surface area contributed by atoms with Crippen molar-refractivity contribution in [1.29, 1.82) is 5.26 Å². The van der Waals surface area contributed by atoms with Crippen molar-refractivity contribution in [3.63, 3.8) is 0 Å². The predicted octanol–water partition coefficient (Wildman–Crippen LogP) is 6.99. The van der Waals surface area contributed by atoms with E-state index in [1.807, 2.05) is 30.3 Å². The Kier molecular flexibility index (Phi) is 7.69. The molecule has 0 spiro atoms. The molecule has 0 unspecified atom stereocenters. The van der Waals surface area contributed by atoms with Gasteiger partial charge in [0, 0.05) is 15.2 Å². The lowest BCUT2D eigenvalue weighted by Crippen LogP contribution is -2.13. The Morgan fingerprint density at radius 3 is 2.40 bits per heavy atom. The largest absolute Gasteiger partial charge is 0.488 e. The van der Waals surface area contributed by atoms with E-state index < -0.39 is 5.91 Å². The number of carbonyl (C=O) groups excluding carboxylic acids is 1. The van der Waals surface area contributed by atoms with Crippen LogP contribution in [0.15, 0.2) is 81.2 Å². The van der Waals surface area contributed by atoms with Crippen molar-refractivity contribution < 1.29 is 9.53 Å². The minimum Gasteiger partial charge on any atom is -0.488 e. The van der Waals surface area contributed by atoms with E-state index in [9.17, 15) is 10.1 Å². The van der Waals surface area contributed by atoms with E-state index in [4.69, 9.17) is 16.3 Å². The van der Waals surface area contributed by atoms with Gasteiger partial charge in [0.1, 0.15) is 24.0 Å². The molecule has 1 amide bonds. The number of nitrogens with one attached hydrogen (secondary N) is 1. The molecule has 1 N–H and O–H groups in total. The predicted molar refractivity (Wildman–Crippen MR) is 126 cm³/mol. The van der Waals surface area contributed by atoms with Gasteiger partial charge in [-0.3, -0.25) is 4.79 Å². The molecule has 0 fully saturated rings. The number of hydrogen-bond donors (Lipinski definition) is 1. The fraction of sp³-hybridized carbons (Fsp3) is 0.0435. The van der Waals surface area contributed by atoms with Crippen LogP contribution in [-0.4, -0.2) is 5.91 Å². The van der Waals surface area contributed by atoms with Gasteiger partial charge in [-0.2, -0.15) is 5.26 Å². The number of benzene rings is 3. The SMILES string of the molecule is N#C/C(=C/c1ccc(OCc2ccc(Br)cc2)c(Br)c1)C(=O)Nc1ccc(Cl)cc1. The van der Waals surface area contributed by atoms with Crippen molar-refractivity contribution in [2.75, 3.05) is 5.32 Å². The molecule has 0 radical (unpaired) electrons. The number of carbonyl (C=O) groups is 1. The van der Waals surface area contributed by atoms with Gasteiger partial charge in [0.05, 0.1) is 4.47 Å². The van der Waals surface area contributed by atoms with Crippen LogP contribution >= 0.6 is 43.5 Å². The molecule has 0 bridgehead atoms. The monoisotopic (exact) mass is 544 g/mol. The standard InChI is InChI=1S/C23H15Br2ClN2O2/c24-18-4-1-15(2-5-18)14-30-22-10-3-16(12-21(22)25)11-17(13-27)23(29)28-20-8-6-19(26)7-9-20/h1-12H,14H2,(H,28,29)/b17-11-. The fourth-order valence-corrected chi connectivity index (χ4v) is 3.41. The summed E-state index contributed by atoms with van der Waals surface area (Å²) in [6.45, 7) is 0.425. The fourth-order valence-electron chi connectivity index (χ4n) is 2.51. The van der Waals surface area contributed by atoms with Crippen LogP contribution in [0.4, 0.5) is 5.69 Å². The number of ether oxygens (including phenoxy) is 1. The highest BCUT2D eigenvalue weighted by atomic mass is 79.9. The number of anilines is 1. The van der Waals surface area contributed by atoms with Crippen molar-refractivity contribution >= 4 is 61.1 Å². The zero-order chi connectivity index (χ0) is 21.5. The van der Waals surface area contributed by atoms with Crippen LogP contribution in [0, 0.1) is 11.3 Å². The van der Waals surface area contributed by atoms with Crippen LogP contribution < -0.4 is 10.1 Å². The summed E-state index contributed by atoms with van der Waals surface area (Å²) < 4.78 is 7.58. The normalized spacial score (nSPS) is 10.9. The molecule has 7 heteroatoms. The van der Waals surface area contributed by atoms with E-state index in [0.717, 1.165) is 14.5 Å². The van der Waals surface area contributed by atoms with Crippen molar-refractivity contribution in [2.24, 2.45) is 0 Å². The molecule has 0 atom stereocenters. The summed E-state index contributed by atoms with van der Waals surface area (Å²) >= 11 is 12.7. The lowest BCUT2D eigenvalue weighted by Gasteiger charge is -2.09. The highest BCUT2D eigenvalue weighted by molar-refractivity contribution is 9.10. The highest BCUT2D eigenvalue weighted by Gasteiger charge is 2.11.